The van der Waals surface area contributed by atoms with Gasteiger partial charge >= 0.3 is 11.9 Å². The fraction of sp³-hybridized carbons (Fsp3) is 0.541. The molecule has 17 N–H and O–H groups in total. The zero-order chi connectivity index (χ0) is 46.7. The first kappa shape index (κ1) is 51.3. The van der Waals surface area contributed by atoms with Crippen molar-refractivity contribution in [2.45, 2.75) is 107 Å². The molecule has 0 unspecified atom stereocenters. The normalized spacial score (nSPS) is 16.6. The molecule has 62 heavy (non-hydrogen) atoms. The molecule has 0 aromatic heterocycles. The van der Waals surface area contributed by atoms with Crippen molar-refractivity contribution in [1.82, 2.24) is 36.8 Å². The lowest BCUT2D eigenvalue weighted by molar-refractivity contribution is -0.150. The Bertz CT molecular complexity index is 1830. The molecule has 1 fully saturated rings. The molecule has 1 aliphatic rings. The fourth-order valence-electron chi connectivity index (χ4n) is 6.15. The number of primary amides is 1. The quantitative estimate of drug-likeness (QED) is 0.0247. The van der Waals surface area contributed by atoms with Gasteiger partial charge in [0.1, 0.15) is 36.3 Å². The molecule has 1 saturated heterocycles. The number of nitrogens with one attached hydrogen (secondary N) is 6. The molecular weight excluding hydrogens is 820 g/mol. The van der Waals surface area contributed by atoms with E-state index < -0.39 is 127 Å². The van der Waals surface area contributed by atoms with E-state index in [1.165, 1.54) is 13.8 Å². The predicted molar refractivity (Wildman–Crippen MR) is 216 cm³/mol. The van der Waals surface area contributed by atoms with Crippen molar-refractivity contribution >= 4 is 65.2 Å². The van der Waals surface area contributed by atoms with Gasteiger partial charge in [-0.05, 0) is 45.1 Å². The van der Waals surface area contributed by atoms with Gasteiger partial charge in [-0.15, -0.1) is 0 Å². The summed E-state index contributed by atoms with van der Waals surface area (Å²) in [5, 5.41) is 43.3. The number of amides is 8. The molecule has 1 aliphatic heterocycles. The summed E-state index contributed by atoms with van der Waals surface area (Å²) in [5.74, 6) is -10.6. The van der Waals surface area contributed by atoms with Crippen LogP contribution in [0.3, 0.4) is 0 Å². The maximum Gasteiger partial charge on any atom is 0.326 e. The first-order chi connectivity index (χ1) is 29.1. The van der Waals surface area contributed by atoms with Crippen LogP contribution in [0, 0.1) is 0 Å². The Kier molecular flexibility index (Phi) is 20.7. The second-order valence-electron chi connectivity index (χ2n) is 14.5. The van der Waals surface area contributed by atoms with E-state index in [1.807, 2.05) is 0 Å². The first-order valence-corrected chi connectivity index (χ1v) is 19.5. The summed E-state index contributed by atoms with van der Waals surface area (Å²) >= 11 is 0. The van der Waals surface area contributed by atoms with E-state index in [1.54, 1.807) is 30.3 Å². The van der Waals surface area contributed by atoms with Crippen molar-refractivity contribution in [3.63, 3.8) is 0 Å². The highest BCUT2D eigenvalue weighted by Crippen LogP contribution is 2.19. The molecule has 2 rings (SSSR count). The van der Waals surface area contributed by atoms with Crippen LogP contribution in [0.1, 0.15) is 57.9 Å². The number of aliphatic hydroxyl groups excluding tert-OH is 1. The molecule has 0 radical (unpaired) electrons. The van der Waals surface area contributed by atoms with E-state index >= 15 is 0 Å². The van der Waals surface area contributed by atoms with Gasteiger partial charge in [-0.2, -0.15) is 0 Å². The number of aliphatic hydroxyl groups is 1. The summed E-state index contributed by atoms with van der Waals surface area (Å²) in [7, 11) is 0. The monoisotopic (exact) mass is 876 g/mol. The largest absolute Gasteiger partial charge is 0.481 e. The number of nitrogens with two attached hydrogens (primary N) is 4. The molecule has 25 nitrogen and oxygen atoms in total. The molecule has 0 aliphatic carbocycles. The number of guanidine groups is 1. The minimum absolute atomic E-state index is 0.0146. The second kappa shape index (κ2) is 25.0. The molecule has 342 valence electrons. The van der Waals surface area contributed by atoms with Crippen molar-refractivity contribution in [2.24, 2.45) is 27.9 Å². The average molecular weight is 877 g/mol. The lowest BCUT2D eigenvalue weighted by Crippen LogP contribution is -2.59. The summed E-state index contributed by atoms with van der Waals surface area (Å²) in [6, 6.07) is -1.90. The van der Waals surface area contributed by atoms with Gasteiger partial charge in [-0.3, -0.25) is 48.1 Å². The number of benzene rings is 1. The number of hydrogen-bond donors (Lipinski definition) is 13. The topological polar surface area (TPSA) is 423 Å². The number of aliphatic carboxylic acids is 2. The van der Waals surface area contributed by atoms with E-state index in [4.69, 9.17) is 22.9 Å². The maximum absolute atomic E-state index is 13.9. The number of carboxylic acids is 2. The number of nitrogens with zero attached hydrogens (tertiary/aromatic N) is 2. The Balaban J connectivity index is 2.24. The minimum Gasteiger partial charge on any atom is -0.481 e. The second-order valence-corrected chi connectivity index (χ2v) is 14.5. The predicted octanol–water partition coefficient (Wildman–Crippen LogP) is -6.02. The summed E-state index contributed by atoms with van der Waals surface area (Å²) in [5.41, 5.74) is 22.0. The van der Waals surface area contributed by atoms with Crippen LogP contribution in [0.2, 0.25) is 0 Å². The van der Waals surface area contributed by atoms with Crippen LogP contribution in [-0.2, 0) is 54.4 Å². The number of aliphatic imine (C=N–C) groups is 1. The van der Waals surface area contributed by atoms with Gasteiger partial charge in [0, 0.05) is 19.5 Å². The Hall–Kier alpha value is -6.89. The number of carbonyl (C=O) groups excluding carboxylic acids is 8. The summed E-state index contributed by atoms with van der Waals surface area (Å²) in [6.45, 7) is 1.69. The Morgan fingerprint density at radius 3 is 2.00 bits per heavy atom. The smallest absolute Gasteiger partial charge is 0.326 e. The highest BCUT2D eigenvalue weighted by atomic mass is 16.4. The van der Waals surface area contributed by atoms with E-state index in [0.29, 0.717) is 12.0 Å². The molecule has 8 atom stereocenters. The van der Waals surface area contributed by atoms with Crippen molar-refractivity contribution < 1.29 is 63.3 Å². The van der Waals surface area contributed by atoms with Crippen LogP contribution >= 0.6 is 0 Å². The molecule has 8 amide bonds. The first-order valence-electron chi connectivity index (χ1n) is 19.5. The lowest BCUT2D eigenvalue weighted by Gasteiger charge is -2.28. The molecule has 25 heteroatoms. The van der Waals surface area contributed by atoms with Gasteiger partial charge in [0.25, 0.3) is 0 Å². The maximum atomic E-state index is 13.9. The molecule has 0 spiro atoms. The minimum atomic E-state index is -1.70. The van der Waals surface area contributed by atoms with E-state index in [9.17, 15) is 63.3 Å². The number of hydrogen-bond acceptors (Lipinski definition) is 13. The molecule has 1 heterocycles. The van der Waals surface area contributed by atoms with Gasteiger partial charge in [-0.1, -0.05) is 30.3 Å². The number of rotatable bonds is 25. The van der Waals surface area contributed by atoms with Crippen molar-refractivity contribution in [1.29, 1.82) is 0 Å². The van der Waals surface area contributed by atoms with E-state index in [0.717, 1.165) is 4.90 Å². The van der Waals surface area contributed by atoms with Crippen LogP contribution in [-0.4, -0.2) is 153 Å². The summed E-state index contributed by atoms with van der Waals surface area (Å²) < 4.78 is 0. The zero-order valence-corrected chi connectivity index (χ0v) is 34.2. The van der Waals surface area contributed by atoms with Crippen molar-refractivity contribution in [2.75, 3.05) is 19.6 Å². The summed E-state index contributed by atoms with van der Waals surface area (Å²) in [4.78, 5) is 132. The van der Waals surface area contributed by atoms with Gasteiger partial charge in [0.05, 0.1) is 31.5 Å². The van der Waals surface area contributed by atoms with E-state index in [-0.39, 0.29) is 44.7 Å². The third-order valence-electron chi connectivity index (χ3n) is 9.32. The standard InChI is InChI=1S/C37H56N12O13/c1-18(44-34(59)29(19(2)50)48-31(56)21(38)15-26(39)51)30(55)43-17-27(52)45-22(10-6-12-42-37(40)41)32(57)46-23(14-20-8-4-3-5-9-20)33(58)47-24(16-28(53)54)35(60)49-13-7-11-25(49)36(61)62/h3-5,8-9,18-19,21-25,29,50H,6-7,10-17,38H2,1-2H3,(H2,39,51)(H,43,55)(H,44,59)(H,45,52)(H,46,57)(H,47,58)(H,48,56)(H,53,54)(H,61,62)(H4,40,41,42)/t18-,19+,21-,22-,23-,24-,25-,29-/m0/s1. The summed E-state index contributed by atoms with van der Waals surface area (Å²) in [6.07, 6.45) is -2.64. The molecular formula is C37H56N12O13. The van der Waals surface area contributed by atoms with Crippen LogP contribution < -0.4 is 54.8 Å². The highest BCUT2D eigenvalue weighted by Gasteiger charge is 2.39. The van der Waals surface area contributed by atoms with Crippen LogP contribution in [0.5, 0.6) is 0 Å². The SMILES string of the molecule is C[C@H](NC(=O)[C@@H](NC(=O)[C@@H](N)CC(N)=O)[C@@H](C)O)C(=O)NCC(=O)N[C@@H](CCCN=C(N)N)C(=O)N[C@@H](Cc1ccccc1)C(=O)N[C@@H](CC(=O)O)C(=O)N1CCC[C@H]1C(=O)O. The average Bonchev–Trinajstić information content (AvgIpc) is 3.69. The van der Waals surface area contributed by atoms with E-state index in [2.05, 4.69) is 36.9 Å². The van der Waals surface area contributed by atoms with Crippen LogP contribution in [0.15, 0.2) is 35.3 Å². The third-order valence-corrected chi connectivity index (χ3v) is 9.32. The number of likely N-dealkylation sites (tertiary alicyclic amines) is 1. The van der Waals surface area contributed by atoms with Gasteiger partial charge in [0.15, 0.2) is 5.96 Å². The van der Waals surface area contributed by atoms with Crippen LogP contribution in [0.25, 0.3) is 0 Å². The van der Waals surface area contributed by atoms with Crippen molar-refractivity contribution in [3.05, 3.63) is 35.9 Å². The lowest BCUT2D eigenvalue weighted by atomic mass is 10.0. The Morgan fingerprint density at radius 1 is 0.790 bits per heavy atom. The third kappa shape index (κ3) is 17.4. The zero-order valence-electron chi connectivity index (χ0n) is 34.2. The highest BCUT2D eigenvalue weighted by molar-refractivity contribution is 5.98. The molecule has 1 aromatic rings. The van der Waals surface area contributed by atoms with Gasteiger partial charge < -0.3 is 75.1 Å². The molecule has 0 saturated carbocycles. The number of carbonyl (C=O) groups is 10. The van der Waals surface area contributed by atoms with Crippen molar-refractivity contribution in [3.8, 4) is 0 Å². The van der Waals surface area contributed by atoms with Crippen LogP contribution in [0.4, 0.5) is 0 Å². The number of carboxylic acid groups (broad SMARTS) is 2. The fourth-order valence-corrected chi connectivity index (χ4v) is 6.15. The Morgan fingerprint density at radius 2 is 1.42 bits per heavy atom. The van der Waals surface area contributed by atoms with Gasteiger partial charge in [-0.25, -0.2) is 4.79 Å². The molecule has 0 bridgehead atoms. The molecule has 1 aromatic carbocycles. The Labute approximate surface area is 355 Å². The van der Waals surface area contributed by atoms with Gasteiger partial charge in [0.2, 0.25) is 47.3 Å².